The average molecular weight is 424 g/mol. The van der Waals surface area contributed by atoms with Gasteiger partial charge in [-0.15, -0.1) is 6.58 Å². The number of hydrogen-bond acceptors (Lipinski definition) is 5. The van der Waals surface area contributed by atoms with E-state index >= 15 is 0 Å². The molecule has 1 rings (SSSR count). The van der Waals surface area contributed by atoms with E-state index in [0.29, 0.717) is 19.4 Å². The molecule has 0 aliphatic carbocycles. The zero-order valence-electron chi connectivity index (χ0n) is 18.3. The summed E-state index contributed by atoms with van der Waals surface area (Å²) in [6.07, 6.45) is 2.48. The van der Waals surface area contributed by atoms with Crippen molar-refractivity contribution in [2.24, 2.45) is 5.41 Å². The first-order valence-corrected chi connectivity index (χ1v) is 9.96. The van der Waals surface area contributed by atoms with Gasteiger partial charge in [0.2, 0.25) is 17.6 Å². The largest absolute Gasteiger partial charge is 0.346 e. The molecular formula is C20H33N5O5. The number of hydrogen-bond donors (Lipinski definition) is 4. The van der Waals surface area contributed by atoms with Gasteiger partial charge in [0.05, 0.1) is 6.04 Å². The normalized spacial score (nSPS) is 18.0. The van der Waals surface area contributed by atoms with E-state index in [4.69, 9.17) is 0 Å². The van der Waals surface area contributed by atoms with Crippen molar-refractivity contribution in [3.05, 3.63) is 12.7 Å². The van der Waals surface area contributed by atoms with Gasteiger partial charge in [-0.2, -0.15) is 0 Å². The van der Waals surface area contributed by atoms with Crippen molar-refractivity contribution < 1.29 is 24.0 Å². The average Bonchev–Trinajstić information content (AvgIpc) is 3.17. The molecule has 4 N–H and O–H groups in total. The number of carbonyl (C=O) groups is 5. The van der Waals surface area contributed by atoms with E-state index in [1.165, 1.54) is 24.9 Å². The Morgan fingerprint density at radius 3 is 2.33 bits per heavy atom. The predicted octanol–water partition coefficient (Wildman–Crippen LogP) is -0.303. The lowest BCUT2D eigenvalue weighted by Crippen LogP contribution is -2.59. The summed E-state index contributed by atoms with van der Waals surface area (Å²) in [5.41, 5.74) is -0.584. The van der Waals surface area contributed by atoms with E-state index in [-0.39, 0.29) is 12.5 Å². The van der Waals surface area contributed by atoms with E-state index in [0.717, 1.165) is 0 Å². The maximum Gasteiger partial charge on any atom is 0.315 e. The summed E-state index contributed by atoms with van der Waals surface area (Å²) in [6, 6.07) is -3.15. The third kappa shape index (κ3) is 6.57. The lowest BCUT2D eigenvalue weighted by Gasteiger charge is -2.35. The van der Waals surface area contributed by atoms with Gasteiger partial charge in [-0.05, 0) is 25.2 Å². The second-order valence-electron chi connectivity index (χ2n) is 8.31. The number of carbonyl (C=O) groups excluding carboxylic acids is 5. The van der Waals surface area contributed by atoms with Crippen molar-refractivity contribution in [2.75, 3.05) is 20.1 Å². The summed E-state index contributed by atoms with van der Waals surface area (Å²) in [5, 5.41) is 9.97. The van der Waals surface area contributed by atoms with E-state index in [9.17, 15) is 24.0 Å². The summed E-state index contributed by atoms with van der Waals surface area (Å²) in [7, 11) is 1.45. The molecule has 1 aliphatic rings. The van der Waals surface area contributed by atoms with Crippen LogP contribution in [0.5, 0.6) is 0 Å². The first-order chi connectivity index (χ1) is 13.9. The minimum absolute atomic E-state index is 0.142. The Balaban J connectivity index is 2.88. The zero-order chi connectivity index (χ0) is 23.1. The van der Waals surface area contributed by atoms with Gasteiger partial charge < -0.3 is 26.2 Å². The third-order valence-corrected chi connectivity index (χ3v) is 4.84. The van der Waals surface area contributed by atoms with Gasteiger partial charge in [-0.25, -0.2) is 4.79 Å². The van der Waals surface area contributed by atoms with Crippen LogP contribution in [0.15, 0.2) is 12.7 Å². The molecule has 5 amide bonds. The molecular weight excluding hydrogens is 390 g/mol. The van der Waals surface area contributed by atoms with Crippen LogP contribution in [-0.2, 0) is 19.2 Å². The molecule has 30 heavy (non-hydrogen) atoms. The Hall–Kier alpha value is -2.91. The van der Waals surface area contributed by atoms with E-state index in [1.54, 1.807) is 0 Å². The molecule has 1 fully saturated rings. The van der Waals surface area contributed by atoms with Gasteiger partial charge in [0.15, 0.2) is 0 Å². The fourth-order valence-corrected chi connectivity index (χ4v) is 3.14. The van der Waals surface area contributed by atoms with Crippen LogP contribution in [0, 0.1) is 5.41 Å². The van der Waals surface area contributed by atoms with Crippen LogP contribution < -0.4 is 21.3 Å². The van der Waals surface area contributed by atoms with Gasteiger partial charge in [0.25, 0.3) is 5.91 Å². The highest BCUT2D eigenvalue weighted by Crippen LogP contribution is 2.26. The second kappa shape index (κ2) is 10.7. The maximum absolute atomic E-state index is 13.2. The monoisotopic (exact) mass is 423 g/mol. The molecule has 1 heterocycles. The molecule has 10 nitrogen and oxygen atoms in total. The first-order valence-electron chi connectivity index (χ1n) is 9.96. The van der Waals surface area contributed by atoms with Crippen LogP contribution in [0.25, 0.3) is 0 Å². The molecule has 0 aromatic heterocycles. The fourth-order valence-electron chi connectivity index (χ4n) is 3.14. The van der Waals surface area contributed by atoms with Gasteiger partial charge in [-0.3, -0.25) is 19.2 Å². The SMILES string of the molecule is C=CCNC(=O)C(=O)C(C)NC(=O)[C@@H]1CCCN1C(=O)C(NC(=O)NC)C(C)(C)C. The van der Waals surface area contributed by atoms with Crippen molar-refractivity contribution in [1.29, 1.82) is 0 Å². The molecule has 0 radical (unpaired) electrons. The van der Waals surface area contributed by atoms with Crippen LogP contribution >= 0.6 is 0 Å². The molecule has 3 atom stereocenters. The van der Waals surface area contributed by atoms with Crippen LogP contribution in [0.3, 0.4) is 0 Å². The number of rotatable bonds is 8. The number of nitrogens with one attached hydrogen (secondary N) is 4. The smallest absolute Gasteiger partial charge is 0.315 e. The van der Waals surface area contributed by atoms with E-state index < -0.39 is 47.2 Å². The number of ketones is 1. The highest BCUT2D eigenvalue weighted by atomic mass is 16.2. The van der Waals surface area contributed by atoms with Crippen molar-refractivity contribution in [2.45, 2.75) is 58.7 Å². The van der Waals surface area contributed by atoms with Gasteiger partial charge in [0.1, 0.15) is 12.1 Å². The molecule has 1 aliphatic heterocycles. The number of Topliss-reactive ketones (excluding diaryl/α,β-unsaturated/α-hetero) is 1. The van der Waals surface area contributed by atoms with E-state index in [1.807, 2.05) is 20.8 Å². The van der Waals surface area contributed by atoms with Crippen molar-refractivity contribution in [1.82, 2.24) is 26.2 Å². The summed E-state index contributed by atoms with van der Waals surface area (Å²) < 4.78 is 0. The number of urea groups is 1. The Labute approximate surface area is 177 Å². The molecule has 0 spiro atoms. The molecule has 1 saturated heterocycles. The highest BCUT2D eigenvalue weighted by Gasteiger charge is 2.42. The minimum Gasteiger partial charge on any atom is -0.346 e. The maximum atomic E-state index is 13.2. The second-order valence-corrected chi connectivity index (χ2v) is 8.31. The van der Waals surface area contributed by atoms with Crippen LogP contribution in [0.1, 0.15) is 40.5 Å². The van der Waals surface area contributed by atoms with Crippen LogP contribution in [0.4, 0.5) is 4.79 Å². The molecule has 168 valence electrons. The van der Waals surface area contributed by atoms with Crippen LogP contribution in [-0.4, -0.2) is 72.7 Å². The number of likely N-dealkylation sites (tertiary alicyclic amines) is 1. The minimum atomic E-state index is -1.04. The summed E-state index contributed by atoms with van der Waals surface area (Å²) in [4.78, 5) is 63.1. The summed E-state index contributed by atoms with van der Waals surface area (Å²) in [6.45, 7) is 10.8. The third-order valence-electron chi connectivity index (χ3n) is 4.84. The lowest BCUT2D eigenvalue weighted by atomic mass is 9.85. The molecule has 10 heteroatoms. The summed E-state index contributed by atoms with van der Waals surface area (Å²) in [5.74, 6) is -2.48. The van der Waals surface area contributed by atoms with Gasteiger partial charge in [0, 0.05) is 20.1 Å². The van der Waals surface area contributed by atoms with Crippen molar-refractivity contribution in [3.63, 3.8) is 0 Å². The Bertz CT molecular complexity index is 700. The topological polar surface area (TPSA) is 137 Å². The molecule has 2 unspecified atom stereocenters. The number of nitrogens with zero attached hydrogens (tertiary/aromatic N) is 1. The Kier molecular flexibility index (Phi) is 9.00. The lowest BCUT2D eigenvalue weighted by molar-refractivity contribution is -0.143. The van der Waals surface area contributed by atoms with Crippen molar-refractivity contribution >= 4 is 29.5 Å². The van der Waals surface area contributed by atoms with Crippen molar-refractivity contribution in [3.8, 4) is 0 Å². The fraction of sp³-hybridized carbons (Fsp3) is 0.650. The molecule has 0 aromatic carbocycles. The summed E-state index contributed by atoms with van der Waals surface area (Å²) >= 11 is 0. The van der Waals surface area contributed by atoms with Gasteiger partial charge >= 0.3 is 6.03 Å². The quantitative estimate of drug-likeness (QED) is 0.314. The Morgan fingerprint density at radius 2 is 1.80 bits per heavy atom. The highest BCUT2D eigenvalue weighted by molar-refractivity contribution is 6.38. The molecule has 0 aromatic rings. The zero-order valence-corrected chi connectivity index (χ0v) is 18.3. The number of amides is 5. The predicted molar refractivity (Wildman–Crippen MR) is 111 cm³/mol. The molecule has 0 bridgehead atoms. The van der Waals surface area contributed by atoms with E-state index in [2.05, 4.69) is 27.8 Å². The molecule has 0 saturated carbocycles. The Morgan fingerprint density at radius 1 is 1.17 bits per heavy atom. The standard InChI is InChI=1S/C20H33N5O5/c1-7-10-22-17(28)14(26)12(2)23-16(27)13-9-8-11-25(13)18(29)15(20(3,4)5)24-19(30)21-6/h7,12-13,15H,1,8-11H2,2-6H3,(H,22,28)(H,23,27)(H2,21,24,30)/t12?,13-,15?/m0/s1. The van der Waals surface area contributed by atoms with Crippen LogP contribution in [0.2, 0.25) is 0 Å². The van der Waals surface area contributed by atoms with Gasteiger partial charge in [-0.1, -0.05) is 26.8 Å². The first kappa shape index (κ1) is 25.1.